The van der Waals surface area contributed by atoms with E-state index in [-0.39, 0.29) is 0 Å². The second-order valence-corrected chi connectivity index (χ2v) is 6.41. The zero-order chi connectivity index (χ0) is 13.0. The summed E-state index contributed by atoms with van der Waals surface area (Å²) in [6.45, 7) is 5.60. The monoisotopic (exact) mass is 251 g/mol. The van der Waals surface area contributed by atoms with Crippen molar-refractivity contribution in [3.63, 3.8) is 0 Å². The highest BCUT2D eigenvalue weighted by Crippen LogP contribution is 2.25. The molecular weight excluding hydrogens is 222 g/mol. The fraction of sp³-hybridized carbons (Fsp3) is 0.933. The van der Waals surface area contributed by atoms with Crippen LogP contribution in [0, 0.1) is 5.92 Å². The van der Waals surface area contributed by atoms with Gasteiger partial charge in [-0.15, -0.1) is 0 Å². The van der Waals surface area contributed by atoms with Crippen LogP contribution in [0.2, 0.25) is 0 Å². The predicted molar refractivity (Wildman–Crippen MR) is 77.7 cm³/mol. The van der Waals surface area contributed by atoms with Crippen LogP contribution in [0.3, 0.4) is 0 Å². The molecule has 2 rings (SSSR count). The third-order valence-electron chi connectivity index (χ3n) is 4.26. The number of nitrogens with zero attached hydrogens (tertiary/aromatic N) is 2. The molecule has 2 fully saturated rings. The molecular formula is C15H29N3. The van der Waals surface area contributed by atoms with Crippen molar-refractivity contribution in [1.82, 2.24) is 4.90 Å². The molecule has 0 heterocycles. The Morgan fingerprint density at radius 1 is 1.11 bits per heavy atom. The zero-order valence-corrected chi connectivity index (χ0v) is 12.1. The molecule has 0 atom stereocenters. The van der Waals surface area contributed by atoms with Crippen LogP contribution in [0.1, 0.15) is 65.2 Å². The molecule has 2 aliphatic rings. The first-order chi connectivity index (χ1) is 8.66. The van der Waals surface area contributed by atoms with E-state index >= 15 is 0 Å². The number of hydrogen-bond donors (Lipinski definition) is 1. The van der Waals surface area contributed by atoms with Crippen LogP contribution in [0.25, 0.3) is 0 Å². The van der Waals surface area contributed by atoms with E-state index in [4.69, 9.17) is 10.7 Å². The lowest BCUT2D eigenvalue weighted by Gasteiger charge is -2.32. The van der Waals surface area contributed by atoms with Gasteiger partial charge in [0.1, 0.15) is 0 Å². The first-order valence-electron chi connectivity index (χ1n) is 7.76. The molecule has 104 valence electrons. The van der Waals surface area contributed by atoms with E-state index < -0.39 is 0 Å². The summed E-state index contributed by atoms with van der Waals surface area (Å²) in [5.74, 6) is 1.48. The number of hydrogen-bond acceptors (Lipinski definition) is 1. The molecule has 0 aliphatic heterocycles. The third kappa shape index (κ3) is 3.63. The molecule has 0 spiro atoms. The van der Waals surface area contributed by atoms with Gasteiger partial charge in [0.05, 0.1) is 6.04 Å². The number of rotatable bonds is 4. The molecule has 0 unspecified atom stereocenters. The van der Waals surface area contributed by atoms with Crippen LogP contribution in [0.4, 0.5) is 0 Å². The Hall–Kier alpha value is -0.730. The molecule has 0 aromatic rings. The fourth-order valence-electron chi connectivity index (χ4n) is 3.33. The van der Waals surface area contributed by atoms with Gasteiger partial charge in [-0.1, -0.05) is 39.5 Å². The second kappa shape index (κ2) is 6.44. The van der Waals surface area contributed by atoms with Gasteiger partial charge in [0.25, 0.3) is 0 Å². The van der Waals surface area contributed by atoms with Gasteiger partial charge in [-0.05, 0) is 31.6 Å². The molecule has 0 aromatic heterocycles. The lowest BCUT2D eigenvalue weighted by molar-refractivity contribution is 0.278. The summed E-state index contributed by atoms with van der Waals surface area (Å²) in [5.41, 5.74) is 6.30. The zero-order valence-electron chi connectivity index (χ0n) is 12.1. The average molecular weight is 251 g/mol. The highest BCUT2D eigenvalue weighted by atomic mass is 15.3. The van der Waals surface area contributed by atoms with Crippen molar-refractivity contribution in [2.75, 3.05) is 6.54 Å². The SMILES string of the molecule is CC(C)CN(C(N)=NC1CCCC1)C1CCCC1. The lowest BCUT2D eigenvalue weighted by Crippen LogP contribution is -2.46. The standard InChI is InChI=1S/C15H29N3/c1-12(2)11-18(14-9-5-6-10-14)15(16)17-13-7-3-4-8-13/h12-14H,3-11H2,1-2H3,(H2,16,17). The largest absolute Gasteiger partial charge is 0.370 e. The van der Waals surface area contributed by atoms with Gasteiger partial charge >= 0.3 is 0 Å². The van der Waals surface area contributed by atoms with Gasteiger partial charge in [0.15, 0.2) is 5.96 Å². The summed E-state index contributed by atoms with van der Waals surface area (Å²) >= 11 is 0. The number of aliphatic imine (C=N–C) groups is 1. The third-order valence-corrected chi connectivity index (χ3v) is 4.26. The van der Waals surface area contributed by atoms with Crippen LogP contribution >= 0.6 is 0 Å². The Labute approximate surface area is 112 Å². The maximum atomic E-state index is 6.30. The molecule has 2 saturated carbocycles. The summed E-state index contributed by atoms with van der Waals surface area (Å²) in [5, 5.41) is 0. The normalized spacial score (nSPS) is 23.2. The van der Waals surface area contributed by atoms with Gasteiger partial charge in [0, 0.05) is 12.6 Å². The average Bonchev–Trinajstić information content (AvgIpc) is 2.97. The molecule has 3 heteroatoms. The van der Waals surface area contributed by atoms with E-state index in [2.05, 4.69) is 18.7 Å². The van der Waals surface area contributed by atoms with Crippen molar-refractivity contribution in [3.8, 4) is 0 Å². The number of nitrogens with two attached hydrogens (primary N) is 1. The molecule has 0 amide bonds. The van der Waals surface area contributed by atoms with Gasteiger partial charge in [0.2, 0.25) is 0 Å². The van der Waals surface area contributed by atoms with Crippen molar-refractivity contribution in [2.24, 2.45) is 16.6 Å². The van der Waals surface area contributed by atoms with E-state index in [1.54, 1.807) is 0 Å². The lowest BCUT2D eigenvalue weighted by atomic mass is 10.1. The van der Waals surface area contributed by atoms with E-state index in [1.807, 2.05) is 0 Å². The van der Waals surface area contributed by atoms with Crippen LogP contribution in [-0.2, 0) is 0 Å². The number of guanidine groups is 1. The Morgan fingerprint density at radius 2 is 1.67 bits per heavy atom. The fourth-order valence-corrected chi connectivity index (χ4v) is 3.33. The Bertz CT molecular complexity index is 273. The summed E-state index contributed by atoms with van der Waals surface area (Å²) in [4.78, 5) is 7.19. The summed E-state index contributed by atoms with van der Waals surface area (Å²) in [6.07, 6.45) is 10.4. The maximum absolute atomic E-state index is 6.30. The summed E-state index contributed by atoms with van der Waals surface area (Å²) in [6, 6.07) is 1.15. The first kappa shape index (κ1) is 13.7. The molecule has 3 nitrogen and oxygen atoms in total. The van der Waals surface area contributed by atoms with E-state index in [0.29, 0.717) is 18.0 Å². The Kier molecular flexibility index (Phi) is 4.90. The van der Waals surface area contributed by atoms with Crippen molar-refractivity contribution in [1.29, 1.82) is 0 Å². The van der Waals surface area contributed by atoms with Crippen molar-refractivity contribution < 1.29 is 0 Å². The van der Waals surface area contributed by atoms with Gasteiger partial charge in [-0.2, -0.15) is 0 Å². The Balaban J connectivity index is 2.01. The van der Waals surface area contributed by atoms with Crippen molar-refractivity contribution >= 4 is 5.96 Å². The van der Waals surface area contributed by atoms with Gasteiger partial charge < -0.3 is 10.6 Å². The van der Waals surface area contributed by atoms with Gasteiger partial charge in [-0.25, -0.2) is 4.99 Å². The quantitative estimate of drug-likeness (QED) is 0.616. The van der Waals surface area contributed by atoms with Crippen LogP contribution < -0.4 is 5.73 Å². The maximum Gasteiger partial charge on any atom is 0.191 e. The van der Waals surface area contributed by atoms with E-state index in [1.165, 1.54) is 51.4 Å². The summed E-state index contributed by atoms with van der Waals surface area (Å²) < 4.78 is 0. The second-order valence-electron chi connectivity index (χ2n) is 6.41. The Morgan fingerprint density at radius 3 is 2.22 bits per heavy atom. The highest BCUT2D eigenvalue weighted by Gasteiger charge is 2.25. The highest BCUT2D eigenvalue weighted by molar-refractivity contribution is 5.78. The molecule has 2 aliphatic carbocycles. The van der Waals surface area contributed by atoms with E-state index in [0.717, 1.165) is 12.5 Å². The molecule has 0 aromatic carbocycles. The van der Waals surface area contributed by atoms with Crippen LogP contribution in [0.5, 0.6) is 0 Å². The minimum atomic E-state index is 0.501. The van der Waals surface area contributed by atoms with Crippen LogP contribution in [-0.4, -0.2) is 29.5 Å². The van der Waals surface area contributed by atoms with Crippen LogP contribution in [0.15, 0.2) is 4.99 Å². The summed E-state index contributed by atoms with van der Waals surface area (Å²) in [7, 11) is 0. The molecule has 2 N–H and O–H groups in total. The smallest absolute Gasteiger partial charge is 0.191 e. The van der Waals surface area contributed by atoms with Crippen molar-refractivity contribution in [2.45, 2.75) is 77.3 Å². The minimum Gasteiger partial charge on any atom is -0.370 e. The van der Waals surface area contributed by atoms with Gasteiger partial charge in [-0.3, -0.25) is 0 Å². The molecule has 18 heavy (non-hydrogen) atoms. The van der Waals surface area contributed by atoms with E-state index in [9.17, 15) is 0 Å². The molecule has 0 bridgehead atoms. The predicted octanol–water partition coefficient (Wildman–Crippen LogP) is 3.14. The molecule has 0 radical (unpaired) electrons. The molecule has 0 saturated heterocycles. The first-order valence-corrected chi connectivity index (χ1v) is 7.76. The minimum absolute atomic E-state index is 0.501. The van der Waals surface area contributed by atoms with Crippen molar-refractivity contribution in [3.05, 3.63) is 0 Å². The topological polar surface area (TPSA) is 41.6 Å².